The molecule has 2 rings (SSSR count). The highest BCUT2D eigenvalue weighted by Crippen LogP contribution is 2.38. The minimum atomic E-state index is -0.0408. The number of nitrogens with two attached hydrogens (primary N) is 1. The average molecular weight is 232 g/mol. The van der Waals surface area contributed by atoms with Crippen molar-refractivity contribution in [2.24, 2.45) is 11.7 Å². The van der Waals surface area contributed by atoms with E-state index in [1.807, 2.05) is 0 Å². The monoisotopic (exact) mass is 232 g/mol. The molecule has 1 fully saturated rings. The SMILES string of the molecule is CCN(CC(C)(N)C1CC1)c1ccc(C)cc1. The van der Waals surface area contributed by atoms with Gasteiger partial charge in [-0.15, -0.1) is 0 Å². The van der Waals surface area contributed by atoms with E-state index in [0.717, 1.165) is 19.0 Å². The number of rotatable bonds is 5. The number of nitrogens with zero attached hydrogens (tertiary/aromatic N) is 1. The van der Waals surface area contributed by atoms with Gasteiger partial charge < -0.3 is 10.6 Å². The van der Waals surface area contributed by atoms with Crippen molar-refractivity contribution < 1.29 is 0 Å². The molecular formula is C15H24N2. The summed E-state index contributed by atoms with van der Waals surface area (Å²) in [5.41, 5.74) is 8.98. The van der Waals surface area contributed by atoms with Gasteiger partial charge in [-0.25, -0.2) is 0 Å². The second-order valence-electron chi connectivity index (χ2n) is 5.63. The van der Waals surface area contributed by atoms with Gasteiger partial charge >= 0.3 is 0 Å². The first-order valence-corrected chi connectivity index (χ1v) is 6.63. The lowest BCUT2D eigenvalue weighted by Gasteiger charge is -2.33. The molecule has 1 aromatic carbocycles. The van der Waals surface area contributed by atoms with Crippen LogP contribution in [0.15, 0.2) is 24.3 Å². The number of hydrogen-bond donors (Lipinski definition) is 1. The molecule has 17 heavy (non-hydrogen) atoms. The van der Waals surface area contributed by atoms with E-state index < -0.39 is 0 Å². The molecule has 2 heteroatoms. The molecule has 1 aliphatic carbocycles. The predicted octanol–water partition coefficient (Wildman–Crippen LogP) is 2.95. The van der Waals surface area contributed by atoms with Crippen LogP contribution in [0.4, 0.5) is 5.69 Å². The molecule has 1 aliphatic rings. The standard InChI is InChI=1S/C15H24N2/c1-4-17(11-15(3,16)13-7-8-13)14-9-5-12(2)6-10-14/h5-6,9-10,13H,4,7-8,11,16H2,1-3H3. The molecule has 1 unspecified atom stereocenters. The fourth-order valence-electron chi connectivity index (χ4n) is 2.42. The molecule has 0 bridgehead atoms. The summed E-state index contributed by atoms with van der Waals surface area (Å²) in [6.07, 6.45) is 2.61. The van der Waals surface area contributed by atoms with Crippen LogP contribution in [0.2, 0.25) is 0 Å². The Bertz CT molecular complexity index is 363. The van der Waals surface area contributed by atoms with Gasteiger partial charge in [-0.1, -0.05) is 17.7 Å². The zero-order valence-electron chi connectivity index (χ0n) is 11.2. The van der Waals surface area contributed by atoms with Gasteiger partial charge in [0.05, 0.1) is 0 Å². The second-order valence-corrected chi connectivity index (χ2v) is 5.63. The third kappa shape index (κ3) is 3.01. The topological polar surface area (TPSA) is 29.3 Å². The van der Waals surface area contributed by atoms with Gasteiger partial charge in [-0.3, -0.25) is 0 Å². The molecule has 0 radical (unpaired) electrons. The molecular weight excluding hydrogens is 208 g/mol. The predicted molar refractivity (Wildman–Crippen MR) is 74.4 cm³/mol. The lowest BCUT2D eigenvalue weighted by molar-refractivity contribution is 0.407. The van der Waals surface area contributed by atoms with Crippen LogP contribution in [0.3, 0.4) is 0 Å². The van der Waals surface area contributed by atoms with Crippen molar-refractivity contribution >= 4 is 5.69 Å². The van der Waals surface area contributed by atoms with Crippen LogP contribution < -0.4 is 10.6 Å². The van der Waals surface area contributed by atoms with Crippen molar-refractivity contribution in [3.8, 4) is 0 Å². The number of benzene rings is 1. The van der Waals surface area contributed by atoms with Crippen LogP contribution in [0.5, 0.6) is 0 Å². The summed E-state index contributed by atoms with van der Waals surface area (Å²) in [6.45, 7) is 8.49. The molecule has 94 valence electrons. The minimum absolute atomic E-state index is 0.0408. The molecule has 2 N–H and O–H groups in total. The molecule has 0 aliphatic heterocycles. The van der Waals surface area contributed by atoms with Crippen molar-refractivity contribution in [2.75, 3.05) is 18.0 Å². The van der Waals surface area contributed by atoms with Crippen LogP contribution in [-0.4, -0.2) is 18.6 Å². The zero-order chi connectivity index (χ0) is 12.5. The fourth-order valence-corrected chi connectivity index (χ4v) is 2.42. The zero-order valence-corrected chi connectivity index (χ0v) is 11.2. The highest BCUT2D eigenvalue weighted by atomic mass is 15.1. The summed E-state index contributed by atoms with van der Waals surface area (Å²) in [5.74, 6) is 0.724. The molecule has 2 nitrogen and oxygen atoms in total. The van der Waals surface area contributed by atoms with Gasteiger partial charge in [-0.2, -0.15) is 0 Å². The van der Waals surface area contributed by atoms with E-state index in [4.69, 9.17) is 5.73 Å². The van der Waals surface area contributed by atoms with Crippen LogP contribution >= 0.6 is 0 Å². The van der Waals surface area contributed by atoms with Crippen LogP contribution in [0.25, 0.3) is 0 Å². The van der Waals surface area contributed by atoms with E-state index in [9.17, 15) is 0 Å². The van der Waals surface area contributed by atoms with Crippen molar-refractivity contribution in [1.82, 2.24) is 0 Å². The molecule has 1 saturated carbocycles. The summed E-state index contributed by atoms with van der Waals surface area (Å²) in [5, 5.41) is 0. The van der Waals surface area contributed by atoms with Crippen LogP contribution in [0.1, 0.15) is 32.3 Å². The molecule has 0 amide bonds. The first-order chi connectivity index (χ1) is 8.03. The summed E-state index contributed by atoms with van der Waals surface area (Å²) in [7, 11) is 0. The van der Waals surface area contributed by atoms with Gasteiger partial charge in [0.2, 0.25) is 0 Å². The third-order valence-electron chi connectivity index (χ3n) is 3.82. The maximum absolute atomic E-state index is 6.42. The second kappa shape index (κ2) is 4.69. The van der Waals surface area contributed by atoms with Crippen LogP contribution in [0, 0.1) is 12.8 Å². The molecule has 0 aromatic heterocycles. The highest BCUT2D eigenvalue weighted by molar-refractivity contribution is 5.48. The highest BCUT2D eigenvalue weighted by Gasteiger charge is 2.39. The number of likely N-dealkylation sites (N-methyl/N-ethyl adjacent to an activating group) is 1. The van der Waals surface area contributed by atoms with Crippen molar-refractivity contribution in [2.45, 2.75) is 39.2 Å². The minimum Gasteiger partial charge on any atom is -0.370 e. The fraction of sp³-hybridized carbons (Fsp3) is 0.600. The normalized spacial score (nSPS) is 18.8. The van der Waals surface area contributed by atoms with E-state index in [2.05, 4.69) is 49.9 Å². The lowest BCUT2D eigenvalue weighted by atomic mass is 9.96. The number of hydrogen-bond acceptors (Lipinski definition) is 2. The van der Waals surface area contributed by atoms with Gasteiger partial charge in [0.1, 0.15) is 0 Å². The Balaban J connectivity index is 2.08. The number of aryl methyl sites for hydroxylation is 1. The van der Waals surface area contributed by atoms with E-state index in [-0.39, 0.29) is 5.54 Å². The first-order valence-electron chi connectivity index (χ1n) is 6.63. The maximum Gasteiger partial charge on any atom is 0.0366 e. The average Bonchev–Trinajstić information content (AvgIpc) is 3.11. The summed E-state index contributed by atoms with van der Waals surface area (Å²) >= 11 is 0. The van der Waals surface area contributed by atoms with Crippen molar-refractivity contribution in [3.05, 3.63) is 29.8 Å². The van der Waals surface area contributed by atoms with E-state index in [0.29, 0.717) is 0 Å². The number of anilines is 1. The lowest BCUT2D eigenvalue weighted by Crippen LogP contribution is -2.49. The Labute approximate surface area is 105 Å². The summed E-state index contributed by atoms with van der Waals surface area (Å²) < 4.78 is 0. The van der Waals surface area contributed by atoms with E-state index in [1.165, 1.54) is 24.1 Å². The Kier molecular flexibility index (Phi) is 3.43. The van der Waals surface area contributed by atoms with Gasteiger partial charge in [0.15, 0.2) is 0 Å². The maximum atomic E-state index is 6.42. The van der Waals surface area contributed by atoms with Gasteiger partial charge in [0, 0.05) is 24.3 Å². The smallest absolute Gasteiger partial charge is 0.0366 e. The molecule has 1 atom stereocenters. The summed E-state index contributed by atoms with van der Waals surface area (Å²) in [4.78, 5) is 2.39. The first kappa shape index (κ1) is 12.4. The Morgan fingerprint density at radius 2 is 1.88 bits per heavy atom. The molecule has 1 aromatic rings. The van der Waals surface area contributed by atoms with Crippen molar-refractivity contribution in [3.63, 3.8) is 0 Å². The largest absolute Gasteiger partial charge is 0.370 e. The van der Waals surface area contributed by atoms with Crippen molar-refractivity contribution in [1.29, 1.82) is 0 Å². The van der Waals surface area contributed by atoms with Gasteiger partial charge in [-0.05, 0) is 51.7 Å². The van der Waals surface area contributed by atoms with Crippen LogP contribution in [-0.2, 0) is 0 Å². The molecule has 0 spiro atoms. The summed E-state index contributed by atoms with van der Waals surface area (Å²) in [6, 6.07) is 8.73. The van der Waals surface area contributed by atoms with E-state index >= 15 is 0 Å². The molecule has 0 heterocycles. The quantitative estimate of drug-likeness (QED) is 0.845. The third-order valence-corrected chi connectivity index (χ3v) is 3.82. The van der Waals surface area contributed by atoms with E-state index in [1.54, 1.807) is 0 Å². The van der Waals surface area contributed by atoms with Gasteiger partial charge in [0.25, 0.3) is 0 Å². The Hall–Kier alpha value is -1.02. The Morgan fingerprint density at radius 3 is 2.35 bits per heavy atom. The molecule has 0 saturated heterocycles. The Morgan fingerprint density at radius 1 is 1.29 bits per heavy atom.